The van der Waals surface area contributed by atoms with Gasteiger partial charge in [-0.3, -0.25) is 4.79 Å². The molecule has 1 unspecified atom stereocenters. The van der Waals surface area contributed by atoms with Crippen molar-refractivity contribution in [1.82, 2.24) is 4.90 Å². The highest BCUT2D eigenvalue weighted by atomic mass is 16.5. The van der Waals surface area contributed by atoms with E-state index < -0.39 is 0 Å². The van der Waals surface area contributed by atoms with Crippen molar-refractivity contribution in [2.45, 2.75) is 38.5 Å². The van der Waals surface area contributed by atoms with Gasteiger partial charge in [-0.2, -0.15) is 0 Å². The molecule has 1 aliphatic heterocycles. The molecule has 1 aromatic carbocycles. The highest BCUT2D eigenvalue weighted by molar-refractivity contribution is 5.89. The van der Waals surface area contributed by atoms with Crippen LogP contribution in [0.3, 0.4) is 0 Å². The number of carbonyl (C=O) groups is 2. The van der Waals surface area contributed by atoms with Gasteiger partial charge in [0.2, 0.25) is 5.91 Å². The fraction of sp³-hybridized carbons (Fsp3) is 0.556. The van der Waals surface area contributed by atoms with Gasteiger partial charge >= 0.3 is 5.97 Å². The van der Waals surface area contributed by atoms with E-state index in [0.29, 0.717) is 17.4 Å². The van der Waals surface area contributed by atoms with Crippen LogP contribution in [-0.4, -0.2) is 37.0 Å². The minimum Gasteiger partial charge on any atom is -0.465 e. The molecule has 2 fully saturated rings. The molecule has 2 aliphatic rings. The second kappa shape index (κ2) is 5.75. The van der Waals surface area contributed by atoms with Crippen LogP contribution >= 0.6 is 0 Å². The molecule has 3 rings (SSSR count). The Morgan fingerprint density at radius 1 is 1.32 bits per heavy atom. The van der Waals surface area contributed by atoms with Gasteiger partial charge < -0.3 is 9.64 Å². The second-order valence-corrected chi connectivity index (χ2v) is 6.77. The third kappa shape index (κ3) is 2.87. The van der Waals surface area contributed by atoms with Crippen molar-refractivity contribution in [3.05, 3.63) is 35.4 Å². The number of esters is 1. The lowest BCUT2D eigenvalue weighted by Crippen LogP contribution is -2.42. The molecule has 1 saturated carbocycles. The third-order valence-corrected chi connectivity index (χ3v) is 5.00. The lowest BCUT2D eigenvalue weighted by molar-refractivity contribution is -0.137. The van der Waals surface area contributed by atoms with Crippen molar-refractivity contribution >= 4 is 11.9 Å². The number of methoxy groups -OCH3 is 1. The first-order valence-corrected chi connectivity index (χ1v) is 8.01. The Kier molecular flexibility index (Phi) is 3.94. The molecule has 0 radical (unpaired) electrons. The number of rotatable bonds is 3. The maximum absolute atomic E-state index is 12.5. The molecule has 1 amide bonds. The van der Waals surface area contributed by atoms with E-state index in [1.807, 2.05) is 23.1 Å². The maximum atomic E-state index is 12.5. The largest absolute Gasteiger partial charge is 0.465 e. The maximum Gasteiger partial charge on any atom is 0.337 e. The summed E-state index contributed by atoms with van der Waals surface area (Å²) >= 11 is 0. The molecule has 0 aromatic heterocycles. The molecule has 22 heavy (non-hydrogen) atoms. The fourth-order valence-corrected chi connectivity index (χ4v) is 3.25. The first-order valence-electron chi connectivity index (χ1n) is 8.01. The lowest BCUT2D eigenvalue weighted by Gasteiger charge is -2.34. The van der Waals surface area contributed by atoms with Gasteiger partial charge in [0, 0.05) is 24.4 Å². The Bertz CT molecular complexity index is 592. The Morgan fingerprint density at radius 3 is 2.77 bits per heavy atom. The minimum atomic E-state index is -0.309. The summed E-state index contributed by atoms with van der Waals surface area (Å²) in [4.78, 5) is 26.2. The summed E-state index contributed by atoms with van der Waals surface area (Å²) in [6.45, 7) is 3.69. The number of benzene rings is 1. The van der Waals surface area contributed by atoms with Gasteiger partial charge in [0.05, 0.1) is 12.7 Å². The number of ether oxygens (including phenoxy) is 1. The zero-order chi connectivity index (χ0) is 15.7. The zero-order valence-corrected chi connectivity index (χ0v) is 13.3. The third-order valence-electron chi connectivity index (χ3n) is 5.00. The van der Waals surface area contributed by atoms with Crippen LogP contribution in [0, 0.1) is 5.41 Å². The van der Waals surface area contributed by atoms with Gasteiger partial charge in [-0.1, -0.05) is 19.1 Å². The predicted octanol–water partition coefficient (Wildman–Crippen LogP) is 2.98. The van der Waals surface area contributed by atoms with E-state index in [1.54, 1.807) is 6.07 Å². The molecule has 118 valence electrons. The molecule has 1 heterocycles. The van der Waals surface area contributed by atoms with E-state index in [0.717, 1.165) is 44.3 Å². The smallest absolute Gasteiger partial charge is 0.337 e. The summed E-state index contributed by atoms with van der Waals surface area (Å²) < 4.78 is 4.79. The number of likely N-dealkylation sites (tertiary alicyclic amines) is 1. The van der Waals surface area contributed by atoms with Crippen LogP contribution in [0.1, 0.15) is 54.4 Å². The molecule has 0 N–H and O–H groups in total. The number of nitrogens with zero attached hydrogens (tertiary/aromatic N) is 1. The Labute approximate surface area is 131 Å². The fourth-order valence-electron chi connectivity index (χ4n) is 3.25. The highest BCUT2D eigenvalue weighted by Crippen LogP contribution is 2.47. The Hall–Kier alpha value is -1.84. The van der Waals surface area contributed by atoms with E-state index in [2.05, 4.69) is 6.92 Å². The van der Waals surface area contributed by atoms with E-state index in [4.69, 9.17) is 4.74 Å². The van der Waals surface area contributed by atoms with Crippen LogP contribution in [0.4, 0.5) is 0 Å². The molecule has 4 nitrogen and oxygen atoms in total. The van der Waals surface area contributed by atoms with Crippen molar-refractivity contribution in [3.8, 4) is 0 Å². The Morgan fingerprint density at radius 2 is 2.09 bits per heavy atom. The molecule has 0 bridgehead atoms. The predicted molar refractivity (Wildman–Crippen MR) is 83.7 cm³/mol. The Balaban J connectivity index is 1.74. The number of hydrogen-bond donors (Lipinski definition) is 0. The van der Waals surface area contributed by atoms with Crippen molar-refractivity contribution < 1.29 is 14.3 Å². The van der Waals surface area contributed by atoms with E-state index in [1.165, 1.54) is 7.11 Å². The lowest BCUT2D eigenvalue weighted by atomic mass is 9.89. The SMILES string of the molecule is COC(=O)c1cccc(C2CCCN(C(=O)C3(C)CC3)C2)c1. The normalized spacial score (nSPS) is 23.0. The summed E-state index contributed by atoms with van der Waals surface area (Å²) in [5.74, 6) is 0.307. The van der Waals surface area contributed by atoms with Gasteiger partial charge in [0.15, 0.2) is 0 Å². The van der Waals surface area contributed by atoms with Crippen molar-refractivity contribution in [1.29, 1.82) is 0 Å². The van der Waals surface area contributed by atoms with Gasteiger partial charge in [-0.15, -0.1) is 0 Å². The first-order chi connectivity index (χ1) is 10.5. The van der Waals surface area contributed by atoms with Crippen LogP contribution in [-0.2, 0) is 9.53 Å². The van der Waals surface area contributed by atoms with E-state index >= 15 is 0 Å². The van der Waals surface area contributed by atoms with Crippen LogP contribution in [0.2, 0.25) is 0 Å². The van der Waals surface area contributed by atoms with Crippen LogP contribution in [0.25, 0.3) is 0 Å². The molecular weight excluding hydrogens is 278 g/mol. The second-order valence-electron chi connectivity index (χ2n) is 6.77. The van der Waals surface area contributed by atoms with Gasteiger partial charge in [-0.05, 0) is 43.4 Å². The quantitative estimate of drug-likeness (QED) is 0.806. The van der Waals surface area contributed by atoms with Crippen molar-refractivity contribution in [3.63, 3.8) is 0 Å². The van der Waals surface area contributed by atoms with Crippen LogP contribution < -0.4 is 0 Å². The van der Waals surface area contributed by atoms with E-state index in [9.17, 15) is 9.59 Å². The number of piperidine rings is 1. The molecule has 1 saturated heterocycles. The van der Waals surface area contributed by atoms with Crippen molar-refractivity contribution in [2.24, 2.45) is 5.41 Å². The minimum absolute atomic E-state index is 0.101. The molecule has 1 aromatic rings. The molecule has 0 spiro atoms. The average Bonchev–Trinajstić information content (AvgIpc) is 3.32. The topological polar surface area (TPSA) is 46.6 Å². The van der Waals surface area contributed by atoms with E-state index in [-0.39, 0.29) is 11.4 Å². The number of amides is 1. The molecule has 1 atom stereocenters. The monoisotopic (exact) mass is 301 g/mol. The summed E-state index contributed by atoms with van der Waals surface area (Å²) in [5, 5.41) is 0. The summed E-state index contributed by atoms with van der Waals surface area (Å²) in [6.07, 6.45) is 4.12. The zero-order valence-electron chi connectivity index (χ0n) is 13.3. The number of hydrogen-bond acceptors (Lipinski definition) is 3. The summed E-state index contributed by atoms with van der Waals surface area (Å²) in [6, 6.07) is 7.62. The van der Waals surface area contributed by atoms with Crippen LogP contribution in [0.5, 0.6) is 0 Å². The first kappa shape index (κ1) is 15.1. The van der Waals surface area contributed by atoms with Crippen LogP contribution in [0.15, 0.2) is 24.3 Å². The average molecular weight is 301 g/mol. The van der Waals surface area contributed by atoms with Crippen molar-refractivity contribution in [2.75, 3.05) is 20.2 Å². The summed E-state index contributed by atoms with van der Waals surface area (Å²) in [7, 11) is 1.40. The summed E-state index contributed by atoms with van der Waals surface area (Å²) in [5.41, 5.74) is 1.61. The number of carbonyl (C=O) groups excluding carboxylic acids is 2. The van der Waals surface area contributed by atoms with Gasteiger partial charge in [0.1, 0.15) is 0 Å². The highest BCUT2D eigenvalue weighted by Gasteiger charge is 2.47. The standard InChI is InChI=1S/C18H23NO3/c1-18(8-9-18)17(21)19-10-4-7-15(12-19)13-5-3-6-14(11-13)16(20)22-2/h3,5-6,11,15H,4,7-10,12H2,1-2H3. The molecular formula is C18H23NO3. The van der Waals surface area contributed by atoms with Gasteiger partial charge in [0.25, 0.3) is 0 Å². The molecule has 1 aliphatic carbocycles. The molecule has 4 heteroatoms. The van der Waals surface area contributed by atoms with Gasteiger partial charge in [-0.25, -0.2) is 4.79 Å².